The van der Waals surface area contributed by atoms with Crippen LogP contribution in [0.3, 0.4) is 0 Å². The van der Waals surface area contributed by atoms with Gasteiger partial charge >= 0.3 is 0 Å². The van der Waals surface area contributed by atoms with Crippen LogP contribution in [-0.2, 0) is 0 Å². The van der Waals surface area contributed by atoms with Gasteiger partial charge in [0.1, 0.15) is 0 Å². The highest BCUT2D eigenvalue weighted by Crippen LogP contribution is 2.21. The van der Waals surface area contributed by atoms with Gasteiger partial charge in [0.25, 0.3) is 0 Å². The molecule has 94 valence electrons. The fraction of sp³-hybridized carbons (Fsp3) is 0.917. The first-order chi connectivity index (χ1) is 7.86. The largest absolute Gasteiger partial charge is 0.365 e. The summed E-state index contributed by atoms with van der Waals surface area (Å²) in [7, 11) is 0. The Labute approximate surface area is 108 Å². The molecule has 0 fully saturated rings. The molecule has 1 atom stereocenters. The predicted molar refractivity (Wildman–Crippen MR) is 78.8 cm³/mol. The molecule has 16 heavy (non-hydrogen) atoms. The van der Waals surface area contributed by atoms with Crippen molar-refractivity contribution in [1.82, 2.24) is 5.32 Å². The van der Waals surface area contributed by atoms with Crippen molar-refractivity contribution in [2.45, 2.75) is 44.3 Å². The maximum absolute atomic E-state index is 4.50. The predicted octanol–water partition coefficient (Wildman–Crippen LogP) is 3.38. The summed E-state index contributed by atoms with van der Waals surface area (Å²) in [6, 6.07) is 0. The van der Waals surface area contributed by atoms with Crippen molar-refractivity contribution in [3.05, 3.63) is 0 Å². The summed E-state index contributed by atoms with van der Waals surface area (Å²) >= 11 is 3.87. The van der Waals surface area contributed by atoms with Crippen LogP contribution in [0, 0.1) is 0 Å². The fourth-order valence-corrected chi connectivity index (χ4v) is 3.11. The zero-order valence-electron chi connectivity index (χ0n) is 10.5. The monoisotopic (exact) mass is 260 g/mol. The highest BCUT2D eigenvalue weighted by atomic mass is 32.2. The van der Waals surface area contributed by atoms with Gasteiger partial charge in [-0.2, -0.15) is 11.8 Å². The molecule has 0 aromatic carbocycles. The van der Waals surface area contributed by atoms with Crippen molar-refractivity contribution in [2.75, 3.05) is 25.1 Å². The standard InChI is InChI=1S/C12H24N2S2/c1-3-11-10-14-12(16-11)13-8-6-4-5-7-9-15-2/h11H,3-10H2,1-2H3,(H,13,14). The molecule has 1 aliphatic heterocycles. The third kappa shape index (κ3) is 6.04. The van der Waals surface area contributed by atoms with Crippen molar-refractivity contribution < 1.29 is 0 Å². The van der Waals surface area contributed by atoms with Crippen molar-refractivity contribution in [1.29, 1.82) is 0 Å². The van der Waals surface area contributed by atoms with E-state index in [0.717, 1.165) is 18.3 Å². The van der Waals surface area contributed by atoms with Crippen molar-refractivity contribution in [3.63, 3.8) is 0 Å². The van der Waals surface area contributed by atoms with Crippen molar-refractivity contribution in [2.24, 2.45) is 4.99 Å². The van der Waals surface area contributed by atoms with Gasteiger partial charge in [-0.05, 0) is 31.3 Å². The molecule has 1 N–H and O–H groups in total. The Kier molecular flexibility index (Phi) is 8.21. The molecule has 0 aromatic heterocycles. The van der Waals surface area contributed by atoms with Gasteiger partial charge in [-0.1, -0.05) is 31.5 Å². The topological polar surface area (TPSA) is 24.4 Å². The Morgan fingerprint density at radius 3 is 2.88 bits per heavy atom. The average molecular weight is 260 g/mol. The van der Waals surface area contributed by atoms with Gasteiger partial charge < -0.3 is 5.32 Å². The maximum Gasteiger partial charge on any atom is 0.156 e. The molecule has 1 rings (SSSR count). The Hall–Kier alpha value is 0.170. The quantitative estimate of drug-likeness (QED) is 0.677. The first-order valence-electron chi connectivity index (χ1n) is 6.30. The Morgan fingerprint density at radius 1 is 1.38 bits per heavy atom. The van der Waals surface area contributed by atoms with Crippen LogP contribution in [0.2, 0.25) is 0 Å². The van der Waals surface area contributed by atoms with E-state index in [0.29, 0.717) is 0 Å². The normalized spacial score (nSPS) is 19.9. The van der Waals surface area contributed by atoms with Crippen LogP contribution in [0.1, 0.15) is 39.0 Å². The minimum absolute atomic E-state index is 0.726. The lowest BCUT2D eigenvalue weighted by atomic mass is 10.2. The summed E-state index contributed by atoms with van der Waals surface area (Å²) in [5.41, 5.74) is 0. The summed E-state index contributed by atoms with van der Waals surface area (Å²) in [5.74, 6) is 1.31. The number of thioether (sulfide) groups is 2. The van der Waals surface area contributed by atoms with Crippen molar-refractivity contribution >= 4 is 28.7 Å². The molecular formula is C12H24N2S2. The van der Waals surface area contributed by atoms with E-state index < -0.39 is 0 Å². The molecule has 4 heteroatoms. The molecule has 0 bridgehead atoms. The first kappa shape index (κ1) is 14.2. The molecule has 0 amide bonds. The van der Waals surface area contributed by atoms with Crippen LogP contribution in [0.25, 0.3) is 0 Å². The van der Waals surface area contributed by atoms with E-state index in [1.165, 1.54) is 43.0 Å². The lowest BCUT2D eigenvalue weighted by molar-refractivity contribution is 0.658. The molecule has 1 aliphatic rings. The smallest absolute Gasteiger partial charge is 0.156 e. The zero-order chi connectivity index (χ0) is 11.6. The molecular weight excluding hydrogens is 236 g/mol. The van der Waals surface area contributed by atoms with E-state index in [-0.39, 0.29) is 0 Å². The average Bonchev–Trinajstić information content (AvgIpc) is 2.76. The number of amidine groups is 1. The van der Waals surface area contributed by atoms with Gasteiger partial charge in [-0.15, -0.1) is 0 Å². The number of hydrogen-bond acceptors (Lipinski definition) is 4. The van der Waals surface area contributed by atoms with Gasteiger partial charge in [-0.25, -0.2) is 0 Å². The van der Waals surface area contributed by atoms with Crippen LogP contribution in [0.4, 0.5) is 0 Å². The molecule has 0 aromatic rings. The van der Waals surface area contributed by atoms with Crippen LogP contribution < -0.4 is 5.32 Å². The number of unbranched alkanes of at least 4 members (excludes halogenated alkanes) is 3. The summed E-state index contributed by atoms with van der Waals surface area (Å²) in [6.45, 7) is 4.35. The van der Waals surface area contributed by atoms with Crippen LogP contribution in [0.15, 0.2) is 4.99 Å². The lowest BCUT2D eigenvalue weighted by Crippen LogP contribution is -2.20. The van der Waals surface area contributed by atoms with Gasteiger partial charge in [0.15, 0.2) is 5.17 Å². The first-order valence-corrected chi connectivity index (χ1v) is 8.58. The number of rotatable bonds is 8. The molecule has 1 heterocycles. The second kappa shape index (κ2) is 9.23. The number of hydrogen-bond donors (Lipinski definition) is 1. The summed E-state index contributed by atoms with van der Waals surface area (Å²) in [6.07, 6.45) is 8.79. The SMILES string of the molecule is CCC1CN=C(NCCCCCCSC)S1. The zero-order valence-corrected chi connectivity index (χ0v) is 12.1. The van der Waals surface area contributed by atoms with E-state index in [2.05, 4.69) is 23.5 Å². The van der Waals surface area contributed by atoms with Gasteiger partial charge in [0, 0.05) is 11.8 Å². The third-order valence-corrected chi connectivity index (χ3v) is 4.73. The maximum atomic E-state index is 4.50. The van der Waals surface area contributed by atoms with Crippen LogP contribution in [0.5, 0.6) is 0 Å². The minimum atomic E-state index is 0.726. The van der Waals surface area contributed by atoms with Crippen LogP contribution in [-0.4, -0.2) is 35.5 Å². The summed E-state index contributed by atoms with van der Waals surface area (Å²) in [5, 5.41) is 5.35. The molecule has 0 aliphatic carbocycles. The molecule has 0 spiro atoms. The Balaban J connectivity index is 1.88. The Morgan fingerprint density at radius 2 is 2.19 bits per heavy atom. The second-order valence-corrected chi connectivity index (χ2v) is 6.40. The van der Waals surface area contributed by atoms with Crippen molar-refractivity contribution in [3.8, 4) is 0 Å². The van der Waals surface area contributed by atoms with Gasteiger partial charge in [0.05, 0.1) is 6.54 Å². The molecule has 2 nitrogen and oxygen atoms in total. The second-order valence-electron chi connectivity index (χ2n) is 4.13. The third-order valence-electron chi connectivity index (χ3n) is 2.72. The highest BCUT2D eigenvalue weighted by Gasteiger charge is 2.16. The van der Waals surface area contributed by atoms with E-state index >= 15 is 0 Å². The summed E-state index contributed by atoms with van der Waals surface area (Å²) < 4.78 is 0. The molecule has 0 saturated carbocycles. The van der Waals surface area contributed by atoms with Gasteiger partial charge in [-0.3, -0.25) is 4.99 Å². The van der Waals surface area contributed by atoms with E-state index in [9.17, 15) is 0 Å². The lowest BCUT2D eigenvalue weighted by Gasteiger charge is -2.06. The fourth-order valence-electron chi connectivity index (χ4n) is 1.65. The number of aliphatic imine (C=N–C) groups is 1. The minimum Gasteiger partial charge on any atom is -0.365 e. The molecule has 0 radical (unpaired) electrons. The van der Waals surface area contributed by atoms with E-state index in [4.69, 9.17) is 0 Å². The molecule has 1 unspecified atom stereocenters. The number of nitrogens with one attached hydrogen (secondary N) is 1. The highest BCUT2D eigenvalue weighted by molar-refractivity contribution is 8.14. The molecule has 0 saturated heterocycles. The van der Waals surface area contributed by atoms with E-state index in [1.54, 1.807) is 0 Å². The van der Waals surface area contributed by atoms with Gasteiger partial charge in [0.2, 0.25) is 0 Å². The number of nitrogens with zero attached hydrogens (tertiary/aromatic N) is 1. The van der Waals surface area contributed by atoms with E-state index in [1.807, 2.05) is 23.5 Å². The van der Waals surface area contributed by atoms with Crippen LogP contribution >= 0.6 is 23.5 Å². The summed E-state index contributed by atoms with van der Waals surface area (Å²) in [4.78, 5) is 4.50. The Bertz CT molecular complexity index is 207.